The SMILES string of the molecule is CC(C)(C)c1cc(Oc2[c-]c3c(cc2)c2sc4ccc5ccccc5c4c2n3-c2cc(C(C)(C)C)ccn2)[c-]c(N2[CH-]N(c3c(-c4cccc(-c5ccccc5)c4)cccc3-c3cccc(C(C)(C)C)c3)c3ccccc32)c1.[Pt]. The van der Waals surface area contributed by atoms with E-state index in [4.69, 9.17) is 9.72 Å². The monoisotopic (exact) mass is 1220 g/mol. The molecule has 0 unspecified atom stereocenters. The number of pyridine rings is 1. The van der Waals surface area contributed by atoms with Crippen molar-refractivity contribution in [2.24, 2.45) is 0 Å². The van der Waals surface area contributed by atoms with Crippen molar-refractivity contribution >= 4 is 76.1 Å². The minimum absolute atomic E-state index is 0. The van der Waals surface area contributed by atoms with Crippen LogP contribution >= 0.6 is 11.3 Å². The molecular formula is C72H61N4OPtS-3. The molecule has 0 atom stereocenters. The molecule has 5 nitrogen and oxygen atoms in total. The Morgan fingerprint density at radius 2 is 1.13 bits per heavy atom. The molecule has 0 fully saturated rings. The van der Waals surface area contributed by atoms with Gasteiger partial charge in [-0.05, 0) is 96.8 Å². The first-order valence-corrected chi connectivity index (χ1v) is 27.8. The molecule has 0 aliphatic carbocycles. The molecule has 0 radical (unpaired) electrons. The van der Waals surface area contributed by atoms with Gasteiger partial charge in [0.25, 0.3) is 0 Å². The molecule has 0 saturated carbocycles. The number of para-hydroxylation sites is 3. The third-order valence-corrected chi connectivity index (χ3v) is 16.6. The number of anilines is 4. The Balaban J connectivity index is 0.00000623. The number of benzene rings is 9. The second kappa shape index (κ2) is 19.9. The summed E-state index contributed by atoms with van der Waals surface area (Å²) in [6, 6.07) is 77.9. The van der Waals surface area contributed by atoms with E-state index in [0.717, 1.165) is 67.2 Å². The van der Waals surface area contributed by atoms with Gasteiger partial charge in [0.15, 0.2) is 0 Å². The maximum absolute atomic E-state index is 7.07. The van der Waals surface area contributed by atoms with E-state index in [1.54, 1.807) is 0 Å². The van der Waals surface area contributed by atoms with Crippen LogP contribution in [-0.4, -0.2) is 9.55 Å². The van der Waals surface area contributed by atoms with E-state index in [1.165, 1.54) is 53.4 Å². The van der Waals surface area contributed by atoms with Crippen molar-refractivity contribution in [3.8, 4) is 50.7 Å². The van der Waals surface area contributed by atoms with E-state index >= 15 is 0 Å². The van der Waals surface area contributed by atoms with Crippen LogP contribution in [0.15, 0.2) is 200 Å². The van der Waals surface area contributed by atoms with Crippen molar-refractivity contribution in [2.45, 2.75) is 78.6 Å². The molecule has 13 rings (SSSR count). The van der Waals surface area contributed by atoms with Crippen molar-refractivity contribution in [1.29, 1.82) is 0 Å². The minimum atomic E-state index is -0.219. The van der Waals surface area contributed by atoms with Crippen molar-refractivity contribution in [3.63, 3.8) is 0 Å². The van der Waals surface area contributed by atoms with E-state index in [1.807, 2.05) is 17.5 Å². The van der Waals surface area contributed by atoms with Crippen molar-refractivity contribution in [1.82, 2.24) is 9.55 Å². The number of aromatic nitrogens is 2. The van der Waals surface area contributed by atoms with Crippen LogP contribution in [0.4, 0.5) is 22.7 Å². The van der Waals surface area contributed by atoms with Gasteiger partial charge < -0.3 is 19.1 Å². The van der Waals surface area contributed by atoms with Gasteiger partial charge in [-0.15, -0.1) is 59.6 Å². The van der Waals surface area contributed by atoms with Crippen LogP contribution in [0.3, 0.4) is 0 Å². The molecule has 0 spiro atoms. The van der Waals surface area contributed by atoms with Gasteiger partial charge in [-0.1, -0.05) is 207 Å². The van der Waals surface area contributed by atoms with Crippen LogP contribution in [0, 0.1) is 18.8 Å². The van der Waals surface area contributed by atoms with Crippen LogP contribution in [0.1, 0.15) is 79.0 Å². The zero-order valence-corrected chi connectivity index (χ0v) is 49.1. The molecule has 1 aliphatic heterocycles. The Hall–Kier alpha value is -7.76. The molecule has 7 heteroatoms. The number of nitrogens with zero attached hydrogens (tertiary/aromatic N) is 4. The smallest absolute Gasteiger partial charge is 0.135 e. The Kier molecular flexibility index (Phi) is 13.1. The third-order valence-electron chi connectivity index (χ3n) is 15.4. The van der Waals surface area contributed by atoms with E-state index in [9.17, 15) is 0 Å². The quantitative estimate of drug-likeness (QED) is 0.142. The molecule has 0 bridgehead atoms. The minimum Gasteiger partial charge on any atom is -0.509 e. The zero-order chi connectivity index (χ0) is 53.7. The third kappa shape index (κ3) is 9.43. The van der Waals surface area contributed by atoms with Crippen LogP contribution < -0.4 is 14.5 Å². The maximum atomic E-state index is 7.07. The molecule has 12 aromatic rings. The molecule has 4 heterocycles. The van der Waals surface area contributed by atoms with E-state index in [-0.39, 0.29) is 37.3 Å². The number of rotatable bonds is 8. The second-order valence-corrected chi connectivity index (χ2v) is 24.9. The van der Waals surface area contributed by atoms with Crippen LogP contribution in [0.25, 0.3) is 81.2 Å². The molecule has 394 valence electrons. The zero-order valence-electron chi connectivity index (χ0n) is 46.1. The number of hydrogen-bond donors (Lipinski definition) is 0. The summed E-state index contributed by atoms with van der Waals surface area (Å²) in [5.74, 6) is 2.07. The van der Waals surface area contributed by atoms with Gasteiger partial charge in [0.2, 0.25) is 0 Å². The molecule has 0 saturated heterocycles. The first kappa shape index (κ1) is 52.0. The summed E-state index contributed by atoms with van der Waals surface area (Å²) < 4.78 is 11.8. The van der Waals surface area contributed by atoms with Gasteiger partial charge in [0, 0.05) is 81.7 Å². The molecule has 3 aromatic heterocycles. The summed E-state index contributed by atoms with van der Waals surface area (Å²) in [5, 5.41) is 4.77. The van der Waals surface area contributed by atoms with Gasteiger partial charge in [0.05, 0.1) is 5.52 Å². The summed E-state index contributed by atoms with van der Waals surface area (Å²) in [6.07, 6.45) is 1.94. The Bertz CT molecular complexity index is 4300. The van der Waals surface area contributed by atoms with Crippen molar-refractivity contribution in [3.05, 3.63) is 236 Å². The first-order chi connectivity index (χ1) is 37.5. The predicted octanol–water partition coefficient (Wildman–Crippen LogP) is 20.2. The number of hydrogen-bond acceptors (Lipinski definition) is 5. The largest absolute Gasteiger partial charge is 0.509 e. The number of thiophene rings is 1. The van der Waals surface area contributed by atoms with Crippen molar-refractivity contribution < 1.29 is 25.8 Å². The fraction of sp³-hybridized carbons (Fsp3) is 0.167. The molecular weight excluding hydrogens is 1160 g/mol. The van der Waals surface area contributed by atoms with Gasteiger partial charge in [-0.25, -0.2) is 4.98 Å². The maximum Gasteiger partial charge on any atom is 0.135 e. The van der Waals surface area contributed by atoms with Gasteiger partial charge in [-0.3, -0.25) is 0 Å². The molecule has 9 aromatic carbocycles. The van der Waals surface area contributed by atoms with E-state index in [0.29, 0.717) is 11.5 Å². The Morgan fingerprint density at radius 3 is 1.87 bits per heavy atom. The van der Waals surface area contributed by atoms with Gasteiger partial charge in [-0.2, -0.15) is 6.07 Å². The summed E-state index contributed by atoms with van der Waals surface area (Å²) in [7, 11) is 0. The van der Waals surface area contributed by atoms with Crippen LogP contribution in [0.2, 0.25) is 0 Å². The molecule has 0 N–H and O–H groups in total. The Labute approximate surface area is 483 Å². The van der Waals surface area contributed by atoms with Gasteiger partial charge in [0.1, 0.15) is 5.82 Å². The van der Waals surface area contributed by atoms with Crippen LogP contribution in [-0.2, 0) is 37.3 Å². The number of fused-ring (bicyclic) bond motifs is 8. The first-order valence-electron chi connectivity index (χ1n) is 27.0. The molecule has 1 aliphatic rings. The predicted molar refractivity (Wildman–Crippen MR) is 330 cm³/mol. The molecule has 79 heavy (non-hydrogen) atoms. The topological polar surface area (TPSA) is 33.5 Å². The molecule has 0 amide bonds. The second-order valence-electron chi connectivity index (χ2n) is 23.8. The summed E-state index contributed by atoms with van der Waals surface area (Å²) >= 11 is 1.83. The fourth-order valence-electron chi connectivity index (χ4n) is 11.1. The Morgan fingerprint density at radius 1 is 0.494 bits per heavy atom. The normalized spacial score (nSPS) is 12.9. The van der Waals surface area contributed by atoms with E-state index < -0.39 is 0 Å². The summed E-state index contributed by atoms with van der Waals surface area (Å²) in [5.41, 5.74) is 16.4. The summed E-state index contributed by atoms with van der Waals surface area (Å²) in [6.45, 7) is 22.6. The fourth-order valence-corrected chi connectivity index (χ4v) is 12.4. The van der Waals surface area contributed by atoms with E-state index in [2.05, 4.69) is 290 Å². The summed E-state index contributed by atoms with van der Waals surface area (Å²) in [4.78, 5) is 9.74. The average molecular weight is 1230 g/mol. The van der Waals surface area contributed by atoms with Crippen molar-refractivity contribution in [2.75, 3.05) is 9.80 Å². The average Bonchev–Trinajstić information content (AvgIpc) is 4.34. The van der Waals surface area contributed by atoms with Crippen LogP contribution in [0.5, 0.6) is 11.5 Å². The van der Waals surface area contributed by atoms with Gasteiger partial charge >= 0.3 is 0 Å². The number of ether oxygens (including phenoxy) is 1. The standard InChI is InChI=1S/C72H61N4OS.Pt/c1-70(2,3)51-26-18-25-50(39-51)59-29-19-28-58(49-24-17-23-48(38-49)46-20-11-10-12-21-46)67(59)75-45-74(61-30-15-16-31-62(61)75)54-40-53(72(7,8)9)41-56(43-54)77-55-33-34-60-63(44-55)76(65-42-52(36-37-73-65)71(4,5)6)68-66-57-27-14-13-22-47(57)32-35-64(66)78-69(60)68;/h10-42,45H,1-9H3;/q-3;.